The first-order chi connectivity index (χ1) is 12.4. The molecule has 6 heteroatoms. The van der Waals surface area contributed by atoms with Gasteiger partial charge in [-0.25, -0.2) is 0 Å². The van der Waals surface area contributed by atoms with E-state index in [4.69, 9.17) is 15.2 Å². The van der Waals surface area contributed by atoms with Crippen LogP contribution in [0.4, 0.5) is 0 Å². The van der Waals surface area contributed by atoms with Crippen molar-refractivity contribution < 1.29 is 19.1 Å². The number of carbonyl (C=O) groups is 2. The third-order valence-corrected chi connectivity index (χ3v) is 4.29. The molecular weight excluding hydrogens is 332 g/mol. The molecule has 2 aromatic carbocycles. The van der Waals surface area contributed by atoms with Gasteiger partial charge in [0.05, 0.1) is 13.1 Å². The van der Waals surface area contributed by atoms with Crippen LogP contribution >= 0.6 is 0 Å². The predicted molar refractivity (Wildman–Crippen MR) is 97.4 cm³/mol. The number of benzene rings is 2. The standard InChI is InChI=1S/C20H22N2O4/c1-13-5-3-6-14(2)19(13)26-17-10-22(11-17)20(24)15-7-4-8-16(9-15)25-12-18(21)23/h3-9,17H,10-12H2,1-2H3,(H2,21,23). The number of aryl methyl sites for hydroxylation is 2. The van der Waals surface area contributed by atoms with E-state index in [0.717, 1.165) is 16.9 Å². The zero-order valence-corrected chi connectivity index (χ0v) is 14.9. The summed E-state index contributed by atoms with van der Waals surface area (Å²) >= 11 is 0. The minimum absolute atomic E-state index is 0.00644. The van der Waals surface area contributed by atoms with Crippen LogP contribution in [0.3, 0.4) is 0 Å². The van der Waals surface area contributed by atoms with Gasteiger partial charge in [0.15, 0.2) is 6.61 Å². The Kier molecular flexibility index (Phi) is 5.11. The maximum Gasteiger partial charge on any atom is 0.255 e. The Morgan fingerprint density at radius 1 is 1.12 bits per heavy atom. The zero-order chi connectivity index (χ0) is 18.7. The van der Waals surface area contributed by atoms with Gasteiger partial charge in [-0.1, -0.05) is 24.3 Å². The number of para-hydroxylation sites is 1. The molecule has 1 fully saturated rings. The molecule has 6 nitrogen and oxygen atoms in total. The predicted octanol–water partition coefficient (Wildman–Crippen LogP) is 2.07. The lowest BCUT2D eigenvalue weighted by atomic mass is 10.1. The number of rotatable bonds is 6. The zero-order valence-electron chi connectivity index (χ0n) is 14.9. The van der Waals surface area contributed by atoms with Crippen molar-refractivity contribution in [2.24, 2.45) is 5.73 Å². The van der Waals surface area contributed by atoms with Gasteiger partial charge in [0.25, 0.3) is 11.8 Å². The maximum atomic E-state index is 12.6. The number of hydrogen-bond donors (Lipinski definition) is 1. The van der Waals surface area contributed by atoms with Crippen molar-refractivity contribution in [2.75, 3.05) is 19.7 Å². The minimum atomic E-state index is -0.559. The number of carbonyl (C=O) groups excluding carboxylic acids is 2. The molecule has 3 rings (SSSR count). The van der Waals surface area contributed by atoms with Gasteiger partial charge in [-0.05, 0) is 43.2 Å². The van der Waals surface area contributed by atoms with Crippen LogP contribution in [0, 0.1) is 13.8 Å². The Hall–Kier alpha value is -3.02. The van der Waals surface area contributed by atoms with Crippen LogP contribution in [0.1, 0.15) is 21.5 Å². The molecule has 0 bridgehead atoms. The highest BCUT2D eigenvalue weighted by Crippen LogP contribution is 2.27. The van der Waals surface area contributed by atoms with Crippen molar-refractivity contribution in [1.29, 1.82) is 0 Å². The number of hydrogen-bond acceptors (Lipinski definition) is 4. The number of amides is 2. The molecule has 0 saturated carbocycles. The maximum absolute atomic E-state index is 12.6. The average Bonchev–Trinajstić information content (AvgIpc) is 2.58. The molecule has 26 heavy (non-hydrogen) atoms. The van der Waals surface area contributed by atoms with E-state index >= 15 is 0 Å². The first-order valence-electron chi connectivity index (χ1n) is 8.47. The molecule has 2 N–H and O–H groups in total. The van der Waals surface area contributed by atoms with Crippen LogP contribution in [0.15, 0.2) is 42.5 Å². The molecule has 0 aromatic heterocycles. The number of likely N-dealkylation sites (tertiary alicyclic amines) is 1. The molecule has 2 amide bonds. The lowest BCUT2D eigenvalue weighted by molar-refractivity contribution is -0.119. The first-order valence-corrected chi connectivity index (χ1v) is 8.47. The molecule has 136 valence electrons. The SMILES string of the molecule is Cc1cccc(C)c1OC1CN(C(=O)c2cccc(OCC(N)=O)c2)C1. The number of primary amides is 1. The molecule has 2 aromatic rings. The lowest BCUT2D eigenvalue weighted by Gasteiger charge is -2.39. The largest absolute Gasteiger partial charge is 0.486 e. The fourth-order valence-electron chi connectivity index (χ4n) is 2.89. The van der Waals surface area contributed by atoms with Crippen LogP contribution in [0.25, 0.3) is 0 Å². The van der Waals surface area contributed by atoms with Crippen LogP contribution in [0.5, 0.6) is 11.5 Å². The monoisotopic (exact) mass is 354 g/mol. The summed E-state index contributed by atoms with van der Waals surface area (Å²) in [6.45, 7) is 4.90. The van der Waals surface area contributed by atoms with Crippen molar-refractivity contribution in [3.8, 4) is 11.5 Å². The van der Waals surface area contributed by atoms with E-state index in [9.17, 15) is 9.59 Å². The molecule has 0 radical (unpaired) electrons. The normalized spacial score (nSPS) is 13.8. The molecule has 0 atom stereocenters. The third-order valence-electron chi connectivity index (χ3n) is 4.29. The summed E-state index contributed by atoms with van der Waals surface area (Å²) in [4.78, 5) is 25.1. The Balaban J connectivity index is 1.58. The van der Waals surface area contributed by atoms with E-state index in [-0.39, 0.29) is 18.6 Å². The van der Waals surface area contributed by atoms with Gasteiger partial charge in [0.2, 0.25) is 0 Å². The van der Waals surface area contributed by atoms with Crippen molar-refractivity contribution in [3.63, 3.8) is 0 Å². The van der Waals surface area contributed by atoms with E-state index in [1.807, 2.05) is 32.0 Å². The Labute approximate surface area is 152 Å². The van der Waals surface area contributed by atoms with Gasteiger partial charge >= 0.3 is 0 Å². The van der Waals surface area contributed by atoms with Crippen molar-refractivity contribution in [1.82, 2.24) is 4.90 Å². The second-order valence-electron chi connectivity index (χ2n) is 6.45. The smallest absolute Gasteiger partial charge is 0.255 e. The molecule has 0 unspecified atom stereocenters. The van der Waals surface area contributed by atoms with Gasteiger partial charge < -0.3 is 20.1 Å². The van der Waals surface area contributed by atoms with Crippen molar-refractivity contribution in [2.45, 2.75) is 20.0 Å². The fraction of sp³-hybridized carbons (Fsp3) is 0.300. The van der Waals surface area contributed by atoms with Crippen molar-refractivity contribution >= 4 is 11.8 Å². The second kappa shape index (κ2) is 7.47. The molecule has 1 heterocycles. The average molecular weight is 354 g/mol. The topological polar surface area (TPSA) is 81.9 Å². The fourth-order valence-corrected chi connectivity index (χ4v) is 2.89. The molecule has 1 aliphatic heterocycles. The molecular formula is C20H22N2O4. The Morgan fingerprint density at radius 2 is 1.77 bits per heavy atom. The van der Waals surface area contributed by atoms with E-state index in [0.29, 0.717) is 24.4 Å². The van der Waals surface area contributed by atoms with Crippen LogP contribution < -0.4 is 15.2 Å². The highest BCUT2D eigenvalue weighted by atomic mass is 16.5. The minimum Gasteiger partial charge on any atom is -0.486 e. The summed E-state index contributed by atoms with van der Waals surface area (Å²) in [5, 5.41) is 0. The van der Waals surface area contributed by atoms with Crippen molar-refractivity contribution in [3.05, 3.63) is 59.2 Å². The van der Waals surface area contributed by atoms with Gasteiger partial charge in [0.1, 0.15) is 17.6 Å². The van der Waals surface area contributed by atoms with Gasteiger partial charge in [-0.2, -0.15) is 0 Å². The summed E-state index contributed by atoms with van der Waals surface area (Å²) in [7, 11) is 0. The Bertz CT molecular complexity index is 808. The summed E-state index contributed by atoms with van der Waals surface area (Å²) in [6.07, 6.45) is -0.00644. The van der Waals surface area contributed by atoms with E-state index < -0.39 is 5.91 Å². The highest BCUT2D eigenvalue weighted by molar-refractivity contribution is 5.95. The number of nitrogens with zero attached hydrogens (tertiary/aromatic N) is 1. The van der Waals surface area contributed by atoms with E-state index in [1.165, 1.54) is 0 Å². The molecule has 1 saturated heterocycles. The summed E-state index contributed by atoms with van der Waals surface area (Å²) in [5.74, 6) is 0.691. The second-order valence-corrected chi connectivity index (χ2v) is 6.45. The van der Waals surface area contributed by atoms with E-state index in [2.05, 4.69) is 0 Å². The Morgan fingerprint density at radius 3 is 2.42 bits per heavy atom. The third kappa shape index (κ3) is 3.96. The summed E-state index contributed by atoms with van der Waals surface area (Å²) < 4.78 is 11.3. The van der Waals surface area contributed by atoms with Gasteiger partial charge in [-0.15, -0.1) is 0 Å². The lowest BCUT2D eigenvalue weighted by Crippen LogP contribution is -2.56. The van der Waals surface area contributed by atoms with Gasteiger partial charge in [0, 0.05) is 5.56 Å². The van der Waals surface area contributed by atoms with Crippen LogP contribution in [-0.2, 0) is 4.79 Å². The molecule has 0 aliphatic carbocycles. The van der Waals surface area contributed by atoms with E-state index in [1.54, 1.807) is 29.2 Å². The number of ether oxygens (including phenoxy) is 2. The highest BCUT2D eigenvalue weighted by Gasteiger charge is 2.33. The summed E-state index contributed by atoms with van der Waals surface area (Å²) in [6, 6.07) is 12.8. The molecule has 0 spiro atoms. The van der Waals surface area contributed by atoms with Crippen LogP contribution in [-0.4, -0.2) is 42.5 Å². The quantitative estimate of drug-likeness (QED) is 0.861. The van der Waals surface area contributed by atoms with Crippen LogP contribution in [0.2, 0.25) is 0 Å². The summed E-state index contributed by atoms with van der Waals surface area (Å²) in [5.41, 5.74) is 7.76. The number of nitrogens with two attached hydrogens (primary N) is 1. The molecule has 1 aliphatic rings. The van der Waals surface area contributed by atoms with Gasteiger partial charge in [-0.3, -0.25) is 9.59 Å². The first kappa shape index (κ1) is 17.8.